The molecule has 1 amide bonds. The molecule has 1 heterocycles. The third kappa shape index (κ3) is 5.09. The predicted molar refractivity (Wildman–Crippen MR) is 74.8 cm³/mol. The smallest absolute Gasteiger partial charge is 0.231 e. The zero-order valence-electron chi connectivity index (χ0n) is 12.0. The molecular weight excluding hydrogens is 242 g/mol. The van der Waals surface area contributed by atoms with Gasteiger partial charge in [-0.3, -0.25) is 14.6 Å². The molecule has 110 valence electrons. The van der Waals surface area contributed by atoms with Crippen molar-refractivity contribution in [3.05, 3.63) is 0 Å². The van der Waals surface area contributed by atoms with Crippen molar-refractivity contribution < 1.29 is 9.53 Å². The number of likely N-dealkylation sites (N-methyl/N-ethyl adjacent to an activating group) is 1. The van der Waals surface area contributed by atoms with Gasteiger partial charge in [-0.05, 0) is 25.8 Å². The Kier molecular flexibility index (Phi) is 5.60. The summed E-state index contributed by atoms with van der Waals surface area (Å²) in [5.41, 5.74) is 5.20. The van der Waals surface area contributed by atoms with Crippen molar-refractivity contribution in [2.24, 2.45) is 11.7 Å². The fraction of sp³-hybridized carbons (Fsp3) is 0.929. The number of carbonyl (C=O) groups excluding carboxylic acids is 1. The lowest BCUT2D eigenvalue weighted by Crippen LogP contribution is -2.49. The topological polar surface area (TPSA) is 58.8 Å². The van der Waals surface area contributed by atoms with E-state index in [0.717, 1.165) is 32.2 Å². The fourth-order valence-corrected chi connectivity index (χ4v) is 3.29. The van der Waals surface area contributed by atoms with E-state index < -0.39 is 0 Å². The van der Waals surface area contributed by atoms with E-state index >= 15 is 0 Å². The molecule has 1 atom stereocenters. The number of morpholine rings is 1. The molecule has 1 aliphatic heterocycles. The van der Waals surface area contributed by atoms with E-state index in [4.69, 9.17) is 10.5 Å². The zero-order chi connectivity index (χ0) is 13.7. The lowest BCUT2D eigenvalue weighted by Gasteiger charge is -2.35. The summed E-state index contributed by atoms with van der Waals surface area (Å²) >= 11 is 0. The summed E-state index contributed by atoms with van der Waals surface area (Å²) in [5.74, 6) is 0.614. The number of primary amides is 1. The maximum atomic E-state index is 10.9. The zero-order valence-corrected chi connectivity index (χ0v) is 12.0. The monoisotopic (exact) mass is 269 g/mol. The number of rotatable bonds is 6. The standard InChI is InChI=1S/C14H27N3O2/c1-16(11-14(15)18)9-13-10-17(6-7-19-13)8-12-4-2-3-5-12/h12-13H,2-11H2,1H3,(H2,15,18). The van der Waals surface area contributed by atoms with Crippen LogP contribution in [0.15, 0.2) is 0 Å². The maximum absolute atomic E-state index is 10.9. The second-order valence-electron chi connectivity index (χ2n) is 6.07. The first-order valence-corrected chi connectivity index (χ1v) is 7.44. The highest BCUT2D eigenvalue weighted by Gasteiger charge is 2.25. The summed E-state index contributed by atoms with van der Waals surface area (Å²) in [6.07, 6.45) is 5.80. The number of nitrogens with two attached hydrogens (primary N) is 1. The van der Waals surface area contributed by atoms with Crippen molar-refractivity contribution in [2.75, 3.05) is 46.4 Å². The SMILES string of the molecule is CN(CC(N)=O)CC1CN(CC2CCCC2)CCO1. The van der Waals surface area contributed by atoms with Crippen LogP contribution in [0.1, 0.15) is 25.7 Å². The summed E-state index contributed by atoms with van der Waals surface area (Å²) in [6.45, 7) is 5.15. The summed E-state index contributed by atoms with van der Waals surface area (Å²) in [7, 11) is 1.92. The molecule has 0 radical (unpaired) electrons. The Balaban J connectivity index is 1.71. The van der Waals surface area contributed by atoms with E-state index in [0.29, 0.717) is 6.54 Å². The van der Waals surface area contributed by atoms with Crippen molar-refractivity contribution in [3.8, 4) is 0 Å². The van der Waals surface area contributed by atoms with Crippen LogP contribution >= 0.6 is 0 Å². The molecule has 5 heteroatoms. The molecule has 1 aliphatic carbocycles. The molecular formula is C14H27N3O2. The van der Waals surface area contributed by atoms with Crippen LogP contribution in [-0.2, 0) is 9.53 Å². The lowest BCUT2D eigenvalue weighted by molar-refractivity contribution is -0.119. The third-order valence-corrected chi connectivity index (χ3v) is 4.16. The average Bonchev–Trinajstić information content (AvgIpc) is 2.81. The van der Waals surface area contributed by atoms with Crippen LogP contribution in [0.4, 0.5) is 0 Å². The fourth-order valence-electron chi connectivity index (χ4n) is 3.29. The van der Waals surface area contributed by atoms with Gasteiger partial charge in [0.2, 0.25) is 5.91 Å². The number of nitrogens with zero attached hydrogens (tertiary/aromatic N) is 2. The molecule has 1 saturated carbocycles. The first-order chi connectivity index (χ1) is 9.13. The van der Waals surface area contributed by atoms with Crippen molar-refractivity contribution in [2.45, 2.75) is 31.8 Å². The molecule has 0 aromatic rings. The highest BCUT2D eigenvalue weighted by atomic mass is 16.5. The Morgan fingerprint density at radius 2 is 2.16 bits per heavy atom. The second kappa shape index (κ2) is 7.22. The van der Waals surface area contributed by atoms with Gasteiger partial charge in [-0.2, -0.15) is 0 Å². The van der Waals surface area contributed by atoms with Crippen LogP contribution in [0, 0.1) is 5.92 Å². The molecule has 0 spiro atoms. The van der Waals surface area contributed by atoms with Crippen molar-refractivity contribution in [1.29, 1.82) is 0 Å². The number of carbonyl (C=O) groups is 1. The van der Waals surface area contributed by atoms with Gasteiger partial charge in [0.1, 0.15) is 0 Å². The average molecular weight is 269 g/mol. The highest BCUT2D eigenvalue weighted by molar-refractivity contribution is 5.75. The van der Waals surface area contributed by atoms with Gasteiger partial charge in [-0.25, -0.2) is 0 Å². The van der Waals surface area contributed by atoms with Gasteiger partial charge in [0.05, 0.1) is 19.3 Å². The molecule has 2 fully saturated rings. The van der Waals surface area contributed by atoms with Crippen molar-refractivity contribution >= 4 is 5.91 Å². The number of amides is 1. The van der Waals surface area contributed by atoms with Crippen molar-refractivity contribution in [3.63, 3.8) is 0 Å². The first-order valence-electron chi connectivity index (χ1n) is 7.44. The highest BCUT2D eigenvalue weighted by Crippen LogP contribution is 2.26. The van der Waals surface area contributed by atoms with Crippen LogP contribution in [-0.4, -0.2) is 68.2 Å². The number of hydrogen-bond acceptors (Lipinski definition) is 4. The maximum Gasteiger partial charge on any atom is 0.231 e. The molecule has 2 aliphatic rings. The van der Waals surface area contributed by atoms with Gasteiger partial charge >= 0.3 is 0 Å². The van der Waals surface area contributed by atoms with Crippen LogP contribution in [0.5, 0.6) is 0 Å². The van der Waals surface area contributed by atoms with Gasteiger partial charge in [0, 0.05) is 26.2 Å². The second-order valence-corrected chi connectivity index (χ2v) is 6.07. The molecule has 0 bridgehead atoms. The van der Waals surface area contributed by atoms with E-state index in [9.17, 15) is 4.79 Å². The Labute approximate surface area is 116 Å². The van der Waals surface area contributed by atoms with Gasteiger partial charge in [0.15, 0.2) is 0 Å². The Morgan fingerprint density at radius 1 is 1.42 bits per heavy atom. The van der Waals surface area contributed by atoms with Gasteiger partial charge < -0.3 is 10.5 Å². The molecule has 19 heavy (non-hydrogen) atoms. The van der Waals surface area contributed by atoms with E-state index in [1.54, 1.807) is 0 Å². The summed E-state index contributed by atoms with van der Waals surface area (Å²) in [4.78, 5) is 15.4. The number of hydrogen-bond donors (Lipinski definition) is 1. The Hall–Kier alpha value is -0.650. The molecule has 5 nitrogen and oxygen atoms in total. The van der Waals surface area contributed by atoms with Crippen molar-refractivity contribution in [1.82, 2.24) is 9.80 Å². The summed E-state index contributed by atoms with van der Waals surface area (Å²) in [5, 5.41) is 0. The quantitative estimate of drug-likeness (QED) is 0.753. The molecule has 2 N–H and O–H groups in total. The van der Waals surface area contributed by atoms with Gasteiger partial charge in [0.25, 0.3) is 0 Å². The third-order valence-electron chi connectivity index (χ3n) is 4.16. The van der Waals surface area contributed by atoms with E-state index in [1.165, 1.54) is 32.2 Å². The lowest BCUT2D eigenvalue weighted by atomic mass is 10.1. The summed E-state index contributed by atoms with van der Waals surface area (Å²) in [6, 6.07) is 0. The minimum Gasteiger partial charge on any atom is -0.374 e. The molecule has 1 saturated heterocycles. The molecule has 2 rings (SSSR count). The predicted octanol–water partition coefficient (Wildman–Crippen LogP) is 0.295. The van der Waals surface area contributed by atoms with E-state index in [1.807, 2.05) is 11.9 Å². The first kappa shape index (κ1) is 14.8. The summed E-state index contributed by atoms with van der Waals surface area (Å²) < 4.78 is 5.79. The van der Waals surface area contributed by atoms with Crippen LogP contribution < -0.4 is 5.73 Å². The normalized spacial score (nSPS) is 26.1. The minimum atomic E-state index is -0.277. The van der Waals surface area contributed by atoms with Crippen LogP contribution in [0.3, 0.4) is 0 Å². The van der Waals surface area contributed by atoms with E-state index in [-0.39, 0.29) is 12.0 Å². The molecule has 0 aromatic heterocycles. The number of ether oxygens (including phenoxy) is 1. The molecule has 0 aromatic carbocycles. The Morgan fingerprint density at radius 3 is 2.84 bits per heavy atom. The Bertz CT molecular complexity index is 292. The largest absolute Gasteiger partial charge is 0.374 e. The minimum absolute atomic E-state index is 0.208. The van der Waals surface area contributed by atoms with E-state index in [2.05, 4.69) is 4.90 Å². The van der Waals surface area contributed by atoms with Crippen LogP contribution in [0.25, 0.3) is 0 Å². The molecule has 1 unspecified atom stereocenters. The van der Waals surface area contributed by atoms with Gasteiger partial charge in [-0.15, -0.1) is 0 Å². The van der Waals surface area contributed by atoms with Crippen LogP contribution in [0.2, 0.25) is 0 Å². The van der Waals surface area contributed by atoms with Gasteiger partial charge in [-0.1, -0.05) is 12.8 Å².